The highest BCUT2D eigenvalue weighted by Crippen LogP contribution is 2.34. The zero-order valence-electron chi connectivity index (χ0n) is 12.9. The monoisotopic (exact) mass is 315 g/mol. The van der Waals surface area contributed by atoms with Gasteiger partial charge in [-0.1, -0.05) is 12.8 Å². The molecule has 3 atom stereocenters. The first-order valence-electron chi connectivity index (χ1n) is 8.32. The van der Waals surface area contributed by atoms with Gasteiger partial charge < -0.3 is 20.7 Å². The largest absolute Gasteiger partial charge is 0.482 e. The molecule has 0 radical (unpaired) electrons. The summed E-state index contributed by atoms with van der Waals surface area (Å²) in [6.07, 6.45) is 5.88. The van der Waals surface area contributed by atoms with Gasteiger partial charge in [0.1, 0.15) is 5.75 Å². The van der Waals surface area contributed by atoms with Crippen LogP contribution in [0.25, 0.3) is 0 Å². The van der Waals surface area contributed by atoms with E-state index in [4.69, 9.17) is 4.74 Å². The molecule has 6 nitrogen and oxygen atoms in total. The van der Waals surface area contributed by atoms with Crippen molar-refractivity contribution in [1.29, 1.82) is 0 Å². The predicted octanol–water partition coefficient (Wildman–Crippen LogP) is 1.88. The predicted molar refractivity (Wildman–Crippen MR) is 86.5 cm³/mol. The van der Waals surface area contributed by atoms with Gasteiger partial charge in [-0.2, -0.15) is 0 Å². The van der Waals surface area contributed by atoms with Gasteiger partial charge >= 0.3 is 0 Å². The third-order valence-corrected chi connectivity index (χ3v) is 5.06. The fraction of sp³-hybridized carbons (Fsp3) is 0.529. The third-order valence-electron chi connectivity index (χ3n) is 5.06. The van der Waals surface area contributed by atoms with Gasteiger partial charge in [0.05, 0.1) is 11.7 Å². The maximum atomic E-state index is 12.5. The van der Waals surface area contributed by atoms with Crippen molar-refractivity contribution in [3.8, 4) is 5.75 Å². The number of nitrogens with one attached hydrogen (secondary N) is 3. The second kappa shape index (κ2) is 5.85. The molecule has 3 N–H and O–H groups in total. The smallest absolute Gasteiger partial charge is 0.262 e. The number of hydrogen-bond donors (Lipinski definition) is 3. The fourth-order valence-corrected chi connectivity index (χ4v) is 3.90. The number of anilines is 2. The molecule has 2 amide bonds. The Kier molecular flexibility index (Phi) is 3.69. The van der Waals surface area contributed by atoms with Crippen molar-refractivity contribution >= 4 is 23.2 Å². The van der Waals surface area contributed by atoms with E-state index in [9.17, 15) is 9.59 Å². The minimum Gasteiger partial charge on any atom is -0.482 e. The second-order valence-electron chi connectivity index (χ2n) is 6.64. The van der Waals surface area contributed by atoms with E-state index in [2.05, 4.69) is 16.0 Å². The average Bonchev–Trinajstić information content (AvgIpc) is 2.99. The summed E-state index contributed by atoms with van der Waals surface area (Å²) in [5.41, 5.74) is 1.34. The summed E-state index contributed by atoms with van der Waals surface area (Å²) in [6, 6.07) is 5.69. The van der Waals surface area contributed by atoms with Gasteiger partial charge in [0, 0.05) is 17.8 Å². The van der Waals surface area contributed by atoms with Crippen LogP contribution >= 0.6 is 0 Å². The summed E-state index contributed by atoms with van der Waals surface area (Å²) in [7, 11) is 0. The zero-order chi connectivity index (χ0) is 15.8. The lowest BCUT2D eigenvalue weighted by atomic mass is 9.85. The summed E-state index contributed by atoms with van der Waals surface area (Å²) in [5, 5.41) is 9.18. The van der Waals surface area contributed by atoms with E-state index in [0.717, 1.165) is 6.42 Å². The van der Waals surface area contributed by atoms with Crippen molar-refractivity contribution in [1.82, 2.24) is 5.32 Å². The van der Waals surface area contributed by atoms with E-state index in [0.29, 0.717) is 29.1 Å². The molecule has 4 rings (SSSR count). The van der Waals surface area contributed by atoms with Gasteiger partial charge in [-0.05, 0) is 37.3 Å². The number of carbonyl (C=O) groups excluding carboxylic acids is 2. The summed E-state index contributed by atoms with van der Waals surface area (Å²) in [5.74, 6) is 1.09. The number of amides is 2. The molecule has 0 spiro atoms. The van der Waals surface area contributed by atoms with Gasteiger partial charge in [0.2, 0.25) is 5.91 Å². The Labute approximate surface area is 135 Å². The van der Waals surface area contributed by atoms with E-state index in [1.165, 1.54) is 25.7 Å². The summed E-state index contributed by atoms with van der Waals surface area (Å²) in [6.45, 7) is 0.0118. The number of hydrogen-bond acceptors (Lipinski definition) is 4. The Bertz CT molecular complexity index is 632. The van der Waals surface area contributed by atoms with Gasteiger partial charge in [-0.25, -0.2) is 0 Å². The van der Waals surface area contributed by atoms with Crippen LogP contribution in [-0.2, 0) is 9.59 Å². The summed E-state index contributed by atoms with van der Waals surface area (Å²) in [4.78, 5) is 23.8. The number of carbonyl (C=O) groups is 2. The van der Waals surface area contributed by atoms with Crippen molar-refractivity contribution in [2.45, 2.75) is 44.2 Å². The molecule has 122 valence electrons. The maximum Gasteiger partial charge on any atom is 0.262 e. The summed E-state index contributed by atoms with van der Waals surface area (Å²) >= 11 is 0. The third kappa shape index (κ3) is 2.91. The van der Waals surface area contributed by atoms with Crippen LogP contribution in [0.3, 0.4) is 0 Å². The molecule has 2 fully saturated rings. The first kappa shape index (κ1) is 14.5. The van der Waals surface area contributed by atoms with E-state index < -0.39 is 0 Å². The number of fused-ring (bicyclic) bond motifs is 2. The van der Waals surface area contributed by atoms with Crippen molar-refractivity contribution in [2.75, 3.05) is 17.2 Å². The molecule has 3 aliphatic rings. The topological polar surface area (TPSA) is 79.5 Å². The normalized spacial score (nSPS) is 29.0. The Morgan fingerprint density at radius 2 is 2.13 bits per heavy atom. The molecular formula is C17H21N3O3. The summed E-state index contributed by atoms with van der Waals surface area (Å²) < 4.78 is 5.38. The number of benzene rings is 1. The number of ether oxygens (including phenoxy) is 1. The first-order chi connectivity index (χ1) is 11.2. The van der Waals surface area contributed by atoms with E-state index in [-0.39, 0.29) is 24.5 Å². The Hall–Kier alpha value is -2.08. The van der Waals surface area contributed by atoms with Crippen LogP contribution < -0.4 is 20.7 Å². The minimum absolute atomic E-state index is 0.0118. The molecule has 1 saturated carbocycles. The Morgan fingerprint density at radius 3 is 3.00 bits per heavy atom. The van der Waals surface area contributed by atoms with Gasteiger partial charge in [0.15, 0.2) is 6.61 Å². The van der Waals surface area contributed by atoms with E-state index >= 15 is 0 Å². The Balaban J connectivity index is 1.42. The highest BCUT2D eigenvalue weighted by Gasteiger charge is 2.38. The SMILES string of the molecule is O=C1COc2cc(NC(=O)C3CC4CCCCC4N3)ccc2N1. The second-order valence-corrected chi connectivity index (χ2v) is 6.64. The minimum atomic E-state index is -0.160. The molecule has 1 aromatic carbocycles. The van der Waals surface area contributed by atoms with Crippen LogP contribution in [0.1, 0.15) is 32.1 Å². The van der Waals surface area contributed by atoms with Crippen molar-refractivity contribution in [3.05, 3.63) is 18.2 Å². The molecule has 23 heavy (non-hydrogen) atoms. The molecule has 2 heterocycles. The highest BCUT2D eigenvalue weighted by molar-refractivity contribution is 5.98. The fourth-order valence-electron chi connectivity index (χ4n) is 3.90. The lowest BCUT2D eigenvalue weighted by Crippen LogP contribution is -2.39. The van der Waals surface area contributed by atoms with Crippen molar-refractivity contribution < 1.29 is 14.3 Å². The van der Waals surface area contributed by atoms with E-state index in [1.807, 2.05) is 0 Å². The highest BCUT2D eigenvalue weighted by atomic mass is 16.5. The molecule has 6 heteroatoms. The molecule has 3 unspecified atom stereocenters. The Morgan fingerprint density at radius 1 is 1.26 bits per heavy atom. The van der Waals surface area contributed by atoms with Crippen molar-refractivity contribution in [2.24, 2.45) is 5.92 Å². The van der Waals surface area contributed by atoms with Gasteiger partial charge in [-0.3, -0.25) is 9.59 Å². The maximum absolute atomic E-state index is 12.5. The molecule has 2 aliphatic heterocycles. The molecule has 1 aliphatic carbocycles. The quantitative estimate of drug-likeness (QED) is 0.778. The molecule has 0 bridgehead atoms. The molecule has 1 saturated heterocycles. The van der Waals surface area contributed by atoms with Crippen molar-refractivity contribution in [3.63, 3.8) is 0 Å². The van der Waals surface area contributed by atoms with E-state index in [1.54, 1.807) is 18.2 Å². The van der Waals surface area contributed by atoms with Gasteiger partial charge in [-0.15, -0.1) is 0 Å². The van der Waals surface area contributed by atoms with Crippen LogP contribution in [0.15, 0.2) is 18.2 Å². The lowest BCUT2D eigenvalue weighted by Gasteiger charge is -2.24. The van der Waals surface area contributed by atoms with Crippen LogP contribution in [0, 0.1) is 5.92 Å². The molecular weight excluding hydrogens is 294 g/mol. The average molecular weight is 315 g/mol. The van der Waals surface area contributed by atoms with Crippen LogP contribution in [0.4, 0.5) is 11.4 Å². The van der Waals surface area contributed by atoms with Crippen LogP contribution in [-0.4, -0.2) is 30.5 Å². The molecule has 0 aromatic heterocycles. The standard InChI is InChI=1S/C17H21N3O3/c21-16-9-23-15-8-11(5-6-13(15)20-16)18-17(22)14-7-10-3-1-2-4-12(10)19-14/h5-6,8,10,12,14,19H,1-4,7,9H2,(H,18,22)(H,20,21). The zero-order valence-corrected chi connectivity index (χ0v) is 12.9. The van der Waals surface area contributed by atoms with Gasteiger partial charge in [0.25, 0.3) is 5.91 Å². The lowest BCUT2D eigenvalue weighted by molar-refractivity contribution is -0.119. The first-order valence-corrected chi connectivity index (χ1v) is 8.32. The molecule has 1 aromatic rings. The van der Waals surface area contributed by atoms with Crippen LogP contribution in [0.5, 0.6) is 5.75 Å². The van der Waals surface area contributed by atoms with Crippen LogP contribution in [0.2, 0.25) is 0 Å². The number of rotatable bonds is 2.